The van der Waals surface area contributed by atoms with Gasteiger partial charge in [-0.15, -0.1) is 0 Å². The van der Waals surface area contributed by atoms with Crippen molar-refractivity contribution in [3.8, 4) is 28.2 Å². The molecule has 0 radical (unpaired) electrons. The molecule has 0 amide bonds. The normalized spacial score (nSPS) is 11.2. The van der Waals surface area contributed by atoms with E-state index in [1.165, 1.54) is 0 Å². The van der Waals surface area contributed by atoms with Crippen LogP contribution in [0, 0.1) is 0 Å². The maximum atomic E-state index is 5.19. The predicted molar refractivity (Wildman–Crippen MR) is 140 cm³/mol. The average molecular weight is 459 g/mol. The molecular formula is C29H22N4S. The molecule has 34 heavy (non-hydrogen) atoms. The summed E-state index contributed by atoms with van der Waals surface area (Å²) in [5.41, 5.74) is 7.42. The van der Waals surface area contributed by atoms with E-state index in [0.29, 0.717) is 5.75 Å². The first-order valence-corrected chi connectivity index (χ1v) is 12.2. The van der Waals surface area contributed by atoms with Crippen LogP contribution in [0.1, 0.15) is 5.82 Å². The number of fused-ring (bicyclic) bond motifs is 1. The fourth-order valence-electron chi connectivity index (χ4n) is 4.18. The minimum Gasteiger partial charge on any atom is -0.341 e. The number of nitrogens with zero attached hydrogens (tertiary/aromatic N) is 3. The molecule has 164 valence electrons. The molecule has 0 fully saturated rings. The summed E-state index contributed by atoms with van der Waals surface area (Å²) in [5.74, 6) is 1.64. The standard InChI is InChI=1S/C29H22N4S/c1-4-12-21(13-5-1)27-28(22-14-6-2-7-15-22)33(23-16-8-3-9-17-23)29(32-27)34-20-26-30-24-18-10-11-19-25(24)31-26/h1-19H,20H2,(H,30,31). The fourth-order valence-corrected chi connectivity index (χ4v) is 5.06. The summed E-state index contributed by atoms with van der Waals surface area (Å²) in [6.45, 7) is 0. The molecular weight excluding hydrogens is 436 g/mol. The van der Waals surface area contributed by atoms with E-state index >= 15 is 0 Å². The van der Waals surface area contributed by atoms with E-state index in [-0.39, 0.29) is 0 Å². The van der Waals surface area contributed by atoms with Crippen molar-refractivity contribution in [3.05, 3.63) is 121 Å². The molecule has 6 aromatic rings. The lowest BCUT2D eigenvalue weighted by Gasteiger charge is -2.13. The largest absolute Gasteiger partial charge is 0.341 e. The second-order valence-corrected chi connectivity index (χ2v) is 8.93. The molecule has 2 heterocycles. The Balaban J connectivity index is 1.51. The Bertz CT molecular complexity index is 1500. The van der Waals surface area contributed by atoms with Crippen molar-refractivity contribution in [1.82, 2.24) is 19.5 Å². The topological polar surface area (TPSA) is 46.5 Å². The monoisotopic (exact) mass is 458 g/mol. The van der Waals surface area contributed by atoms with Crippen LogP contribution in [0.25, 0.3) is 39.2 Å². The van der Waals surface area contributed by atoms with Crippen LogP contribution in [0.3, 0.4) is 0 Å². The molecule has 0 saturated heterocycles. The average Bonchev–Trinajstić information content (AvgIpc) is 3.50. The Morgan fingerprint density at radius 2 is 1.26 bits per heavy atom. The highest BCUT2D eigenvalue weighted by Crippen LogP contribution is 2.38. The third kappa shape index (κ3) is 3.91. The summed E-state index contributed by atoms with van der Waals surface area (Å²) >= 11 is 1.69. The first kappa shape index (κ1) is 20.5. The number of imidazole rings is 2. The van der Waals surface area contributed by atoms with Crippen LogP contribution in [-0.4, -0.2) is 19.5 Å². The van der Waals surface area contributed by atoms with Gasteiger partial charge in [-0.25, -0.2) is 9.97 Å². The zero-order valence-corrected chi connectivity index (χ0v) is 19.2. The van der Waals surface area contributed by atoms with E-state index in [0.717, 1.165) is 50.2 Å². The Kier molecular flexibility index (Phi) is 5.45. The van der Waals surface area contributed by atoms with Crippen molar-refractivity contribution in [2.24, 2.45) is 0 Å². The summed E-state index contributed by atoms with van der Waals surface area (Å²) in [6, 6.07) is 39.5. The van der Waals surface area contributed by atoms with Crippen molar-refractivity contribution in [2.45, 2.75) is 10.9 Å². The molecule has 6 rings (SSSR count). The van der Waals surface area contributed by atoms with Gasteiger partial charge in [0.05, 0.1) is 28.2 Å². The van der Waals surface area contributed by atoms with Crippen LogP contribution in [0.5, 0.6) is 0 Å². The first-order chi connectivity index (χ1) is 16.9. The third-order valence-electron chi connectivity index (χ3n) is 5.73. The van der Waals surface area contributed by atoms with Gasteiger partial charge in [0.1, 0.15) is 5.82 Å². The van der Waals surface area contributed by atoms with Crippen LogP contribution < -0.4 is 0 Å². The van der Waals surface area contributed by atoms with E-state index in [2.05, 4.69) is 88.4 Å². The number of hydrogen-bond donors (Lipinski definition) is 1. The number of aromatic nitrogens is 4. The number of hydrogen-bond acceptors (Lipinski definition) is 3. The molecule has 0 saturated carbocycles. The number of para-hydroxylation sites is 3. The smallest absolute Gasteiger partial charge is 0.174 e. The highest BCUT2D eigenvalue weighted by atomic mass is 32.2. The van der Waals surface area contributed by atoms with Gasteiger partial charge in [-0.3, -0.25) is 4.57 Å². The second-order valence-electron chi connectivity index (χ2n) is 7.98. The van der Waals surface area contributed by atoms with Gasteiger partial charge in [-0.1, -0.05) is 103 Å². The van der Waals surface area contributed by atoms with E-state index in [4.69, 9.17) is 9.97 Å². The van der Waals surface area contributed by atoms with Gasteiger partial charge in [-0.2, -0.15) is 0 Å². The molecule has 1 N–H and O–H groups in total. The maximum absolute atomic E-state index is 5.19. The van der Waals surface area contributed by atoms with Crippen molar-refractivity contribution in [1.29, 1.82) is 0 Å². The van der Waals surface area contributed by atoms with Crippen molar-refractivity contribution >= 4 is 22.8 Å². The first-order valence-electron chi connectivity index (χ1n) is 11.2. The zero-order chi connectivity index (χ0) is 22.7. The molecule has 0 aliphatic carbocycles. The van der Waals surface area contributed by atoms with E-state index in [1.807, 2.05) is 36.4 Å². The molecule has 5 heteroatoms. The molecule has 4 nitrogen and oxygen atoms in total. The van der Waals surface area contributed by atoms with E-state index in [9.17, 15) is 0 Å². The van der Waals surface area contributed by atoms with E-state index < -0.39 is 0 Å². The number of benzene rings is 4. The number of rotatable bonds is 6. The number of nitrogens with one attached hydrogen (secondary N) is 1. The van der Waals surface area contributed by atoms with Crippen molar-refractivity contribution < 1.29 is 0 Å². The van der Waals surface area contributed by atoms with Gasteiger partial charge in [0.25, 0.3) is 0 Å². The molecule has 0 unspecified atom stereocenters. The Morgan fingerprint density at radius 1 is 0.647 bits per heavy atom. The molecule has 2 aromatic heterocycles. The molecule has 0 atom stereocenters. The minimum atomic E-state index is 0.695. The predicted octanol–water partition coefficient (Wildman–Crippen LogP) is 7.37. The summed E-state index contributed by atoms with van der Waals surface area (Å²) in [5, 5.41) is 0.935. The maximum Gasteiger partial charge on any atom is 0.174 e. The van der Waals surface area contributed by atoms with Crippen LogP contribution in [0.4, 0.5) is 0 Å². The van der Waals surface area contributed by atoms with Crippen LogP contribution in [0.15, 0.2) is 120 Å². The Hall–Kier alpha value is -4.09. The third-order valence-corrected chi connectivity index (χ3v) is 6.68. The lowest BCUT2D eigenvalue weighted by atomic mass is 10.0. The Morgan fingerprint density at radius 3 is 1.97 bits per heavy atom. The lowest BCUT2D eigenvalue weighted by molar-refractivity contribution is 0.899. The number of thioether (sulfide) groups is 1. The SMILES string of the molecule is c1ccc(-c2nc(SCc3nc4ccccc4[nH]3)n(-c3ccccc3)c2-c2ccccc2)cc1. The Labute approximate surface area is 202 Å². The van der Waals surface area contributed by atoms with Gasteiger partial charge in [0, 0.05) is 16.8 Å². The van der Waals surface area contributed by atoms with Gasteiger partial charge in [-0.05, 0) is 24.3 Å². The van der Waals surface area contributed by atoms with Crippen LogP contribution in [-0.2, 0) is 5.75 Å². The second kappa shape index (κ2) is 9.04. The molecule has 0 aliphatic rings. The minimum absolute atomic E-state index is 0.695. The highest BCUT2D eigenvalue weighted by molar-refractivity contribution is 7.98. The van der Waals surface area contributed by atoms with Gasteiger partial charge in [0.2, 0.25) is 0 Å². The molecule has 0 bridgehead atoms. The number of H-pyrrole nitrogens is 1. The van der Waals surface area contributed by atoms with Crippen LogP contribution in [0.2, 0.25) is 0 Å². The summed E-state index contributed by atoms with van der Waals surface area (Å²) in [7, 11) is 0. The van der Waals surface area contributed by atoms with E-state index in [1.54, 1.807) is 11.8 Å². The lowest BCUT2D eigenvalue weighted by Crippen LogP contribution is -1.99. The van der Waals surface area contributed by atoms with Gasteiger partial charge >= 0.3 is 0 Å². The summed E-state index contributed by atoms with van der Waals surface area (Å²) in [4.78, 5) is 13.4. The highest BCUT2D eigenvalue weighted by Gasteiger charge is 2.22. The van der Waals surface area contributed by atoms with Gasteiger partial charge in [0.15, 0.2) is 5.16 Å². The summed E-state index contributed by atoms with van der Waals surface area (Å²) < 4.78 is 2.27. The molecule has 0 aliphatic heterocycles. The zero-order valence-electron chi connectivity index (χ0n) is 18.4. The molecule has 0 spiro atoms. The van der Waals surface area contributed by atoms with Crippen molar-refractivity contribution in [3.63, 3.8) is 0 Å². The molecule has 4 aromatic carbocycles. The summed E-state index contributed by atoms with van der Waals surface area (Å²) in [6.07, 6.45) is 0. The van der Waals surface area contributed by atoms with Crippen molar-refractivity contribution in [2.75, 3.05) is 0 Å². The van der Waals surface area contributed by atoms with Crippen LogP contribution >= 0.6 is 11.8 Å². The fraction of sp³-hybridized carbons (Fsp3) is 0.0345. The quantitative estimate of drug-likeness (QED) is 0.265. The number of aromatic amines is 1. The van der Waals surface area contributed by atoms with Gasteiger partial charge < -0.3 is 4.98 Å².